The Morgan fingerprint density at radius 3 is 2.35 bits per heavy atom. The van der Waals surface area contributed by atoms with Gasteiger partial charge in [0.15, 0.2) is 0 Å². The van der Waals surface area contributed by atoms with Crippen LogP contribution < -0.4 is 0 Å². The summed E-state index contributed by atoms with van der Waals surface area (Å²) in [7, 11) is -3.37. The fraction of sp³-hybridized carbons (Fsp3) is 0.909. The fourth-order valence-corrected chi connectivity index (χ4v) is 4.81. The first-order valence-corrected chi connectivity index (χ1v) is 7.45. The van der Waals surface area contributed by atoms with Gasteiger partial charge < -0.3 is 4.74 Å². The topological polar surface area (TPSA) is 63.7 Å². The highest BCUT2D eigenvalue weighted by Gasteiger charge is 2.47. The third kappa shape index (κ3) is 2.39. The molecule has 0 aromatic rings. The monoisotopic (exact) mass is 261 g/mol. The summed E-state index contributed by atoms with van der Waals surface area (Å²) in [6.07, 6.45) is 1.38. The number of hydrogen-bond acceptors (Lipinski definition) is 4. The molecule has 2 aliphatic rings. The van der Waals surface area contributed by atoms with Gasteiger partial charge in [-0.15, -0.1) is 0 Å². The number of nitrogens with zero attached hydrogens (tertiary/aromatic N) is 1. The van der Waals surface area contributed by atoms with Gasteiger partial charge in [-0.25, -0.2) is 8.42 Å². The highest BCUT2D eigenvalue weighted by Crippen LogP contribution is 2.32. The van der Waals surface area contributed by atoms with Crippen LogP contribution in [0.25, 0.3) is 0 Å². The van der Waals surface area contributed by atoms with Gasteiger partial charge in [0, 0.05) is 25.2 Å². The summed E-state index contributed by atoms with van der Waals surface area (Å²) >= 11 is 0. The van der Waals surface area contributed by atoms with Gasteiger partial charge in [0.2, 0.25) is 10.0 Å². The largest absolute Gasteiger partial charge is 0.381 e. The van der Waals surface area contributed by atoms with Crippen molar-refractivity contribution < 1.29 is 17.9 Å². The molecule has 2 aliphatic heterocycles. The van der Waals surface area contributed by atoms with Crippen LogP contribution in [0.3, 0.4) is 0 Å². The molecule has 0 aromatic carbocycles. The first-order chi connectivity index (χ1) is 7.84. The van der Waals surface area contributed by atoms with Crippen molar-refractivity contribution in [2.24, 2.45) is 0 Å². The van der Waals surface area contributed by atoms with E-state index >= 15 is 0 Å². The minimum absolute atomic E-state index is 0.00522. The van der Waals surface area contributed by atoms with E-state index in [1.165, 1.54) is 4.31 Å². The lowest BCUT2D eigenvalue weighted by Crippen LogP contribution is -2.48. The van der Waals surface area contributed by atoms with Crippen molar-refractivity contribution in [3.05, 3.63) is 0 Å². The Morgan fingerprint density at radius 1 is 1.29 bits per heavy atom. The van der Waals surface area contributed by atoms with Crippen LogP contribution in [0.1, 0.15) is 33.1 Å². The number of rotatable bonds is 2. The standard InChI is InChI=1S/C11H19NO4S/c1-11(2)7-9(13)8-12(11)17(14,15)10-3-5-16-6-4-10/h10H,3-8H2,1-2H3. The maximum atomic E-state index is 12.5. The van der Waals surface area contributed by atoms with E-state index in [4.69, 9.17) is 4.74 Å². The maximum Gasteiger partial charge on any atom is 0.218 e. The van der Waals surface area contributed by atoms with Gasteiger partial charge in [-0.1, -0.05) is 0 Å². The molecule has 0 aromatic heterocycles. The zero-order valence-corrected chi connectivity index (χ0v) is 11.1. The van der Waals surface area contributed by atoms with Crippen molar-refractivity contribution in [1.29, 1.82) is 0 Å². The summed E-state index contributed by atoms with van der Waals surface area (Å²) in [6, 6.07) is 0. The van der Waals surface area contributed by atoms with Crippen molar-refractivity contribution >= 4 is 15.8 Å². The summed E-state index contributed by atoms with van der Waals surface area (Å²) in [4.78, 5) is 11.5. The second kappa shape index (κ2) is 4.33. The molecule has 2 fully saturated rings. The summed E-state index contributed by atoms with van der Waals surface area (Å²) in [5.41, 5.74) is -0.575. The zero-order valence-electron chi connectivity index (χ0n) is 10.3. The molecule has 0 bridgehead atoms. The van der Waals surface area contributed by atoms with Crippen molar-refractivity contribution in [2.45, 2.75) is 43.9 Å². The van der Waals surface area contributed by atoms with Crippen molar-refractivity contribution in [3.63, 3.8) is 0 Å². The number of sulfonamides is 1. The summed E-state index contributed by atoms with van der Waals surface area (Å²) in [5.74, 6) is 0.00522. The predicted molar refractivity (Wildman–Crippen MR) is 63.2 cm³/mol. The quantitative estimate of drug-likeness (QED) is 0.728. The number of carbonyl (C=O) groups is 1. The minimum atomic E-state index is -3.37. The minimum Gasteiger partial charge on any atom is -0.381 e. The second-order valence-electron chi connectivity index (χ2n) is 5.39. The zero-order chi connectivity index (χ0) is 12.7. The Labute approximate surface area is 102 Å². The molecule has 2 heterocycles. The van der Waals surface area contributed by atoms with Crippen molar-refractivity contribution in [2.75, 3.05) is 19.8 Å². The van der Waals surface area contributed by atoms with Gasteiger partial charge >= 0.3 is 0 Å². The molecule has 0 unspecified atom stereocenters. The lowest BCUT2D eigenvalue weighted by atomic mass is 10.0. The summed E-state index contributed by atoms with van der Waals surface area (Å²) in [6.45, 7) is 4.65. The van der Waals surface area contributed by atoms with E-state index < -0.39 is 15.6 Å². The van der Waals surface area contributed by atoms with Gasteiger partial charge in [0.05, 0.1) is 11.8 Å². The van der Waals surface area contributed by atoms with E-state index in [2.05, 4.69) is 0 Å². The Kier molecular flexibility index (Phi) is 3.31. The number of Topliss-reactive ketones (excluding diaryl/α,β-unsaturated/α-hetero) is 1. The molecule has 5 nitrogen and oxygen atoms in total. The van der Waals surface area contributed by atoms with E-state index in [-0.39, 0.29) is 17.6 Å². The lowest BCUT2D eigenvalue weighted by molar-refractivity contribution is -0.116. The molecular formula is C11H19NO4S. The molecule has 0 saturated carbocycles. The average molecular weight is 261 g/mol. The number of hydrogen-bond donors (Lipinski definition) is 0. The molecule has 0 radical (unpaired) electrons. The fourth-order valence-electron chi connectivity index (χ4n) is 2.59. The van der Waals surface area contributed by atoms with Crippen molar-refractivity contribution in [1.82, 2.24) is 4.31 Å². The van der Waals surface area contributed by atoms with E-state index in [9.17, 15) is 13.2 Å². The Hall–Kier alpha value is -0.460. The highest BCUT2D eigenvalue weighted by atomic mass is 32.2. The number of carbonyl (C=O) groups excluding carboxylic acids is 1. The van der Waals surface area contributed by atoms with Crippen LogP contribution in [0.15, 0.2) is 0 Å². The van der Waals surface area contributed by atoms with Gasteiger partial charge in [0.25, 0.3) is 0 Å². The van der Waals surface area contributed by atoms with Crippen LogP contribution in [-0.2, 0) is 19.6 Å². The smallest absolute Gasteiger partial charge is 0.218 e. The molecular weight excluding hydrogens is 242 g/mol. The van der Waals surface area contributed by atoms with Crippen molar-refractivity contribution in [3.8, 4) is 0 Å². The molecule has 2 rings (SSSR count). The second-order valence-corrected chi connectivity index (χ2v) is 7.53. The number of ketones is 1. The Balaban J connectivity index is 2.23. The van der Waals surface area contributed by atoms with Crippen LogP contribution in [0, 0.1) is 0 Å². The highest BCUT2D eigenvalue weighted by molar-refractivity contribution is 7.89. The molecule has 98 valence electrons. The van der Waals surface area contributed by atoms with E-state index in [0.29, 0.717) is 32.5 Å². The van der Waals surface area contributed by atoms with Gasteiger partial charge in [0.1, 0.15) is 5.78 Å². The molecule has 0 spiro atoms. The van der Waals surface area contributed by atoms with Crippen LogP contribution in [0.2, 0.25) is 0 Å². The molecule has 0 N–H and O–H groups in total. The average Bonchev–Trinajstić information content (AvgIpc) is 2.54. The van der Waals surface area contributed by atoms with Gasteiger partial charge in [-0.2, -0.15) is 4.31 Å². The summed E-state index contributed by atoms with van der Waals surface area (Å²) < 4.78 is 31.5. The predicted octanol–water partition coefficient (Wildman–Crippen LogP) is 0.549. The lowest BCUT2D eigenvalue weighted by Gasteiger charge is -2.34. The molecule has 17 heavy (non-hydrogen) atoms. The first-order valence-electron chi connectivity index (χ1n) is 5.95. The molecule has 2 saturated heterocycles. The summed E-state index contributed by atoms with van der Waals surface area (Å²) in [5, 5.41) is -0.388. The molecule has 0 atom stereocenters. The van der Waals surface area contributed by atoms with Crippen LogP contribution in [0.5, 0.6) is 0 Å². The Morgan fingerprint density at radius 2 is 1.88 bits per heavy atom. The maximum absolute atomic E-state index is 12.5. The van der Waals surface area contributed by atoms with Crippen LogP contribution in [-0.4, -0.2) is 49.1 Å². The van der Waals surface area contributed by atoms with E-state index in [1.54, 1.807) is 0 Å². The molecule has 0 amide bonds. The van der Waals surface area contributed by atoms with Gasteiger partial charge in [-0.05, 0) is 26.7 Å². The number of ether oxygens (including phenoxy) is 1. The third-order valence-corrected chi connectivity index (χ3v) is 6.07. The molecule has 6 heteroatoms. The van der Waals surface area contributed by atoms with Crippen LogP contribution >= 0.6 is 0 Å². The Bertz CT molecular complexity index is 409. The van der Waals surface area contributed by atoms with Crippen LogP contribution in [0.4, 0.5) is 0 Å². The third-order valence-electron chi connectivity index (χ3n) is 3.52. The van der Waals surface area contributed by atoms with E-state index in [1.807, 2.05) is 13.8 Å². The first kappa shape index (κ1) is 13.0. The molecule has 0 aliphatic carbocycles. The van der Waals surface area contributed by atoms with Gasteiger partial charge in [-0.3, -0.25) is 4.79 Å². The van der Waals surface area contributed by atoms with E-state index in [0.717, 1.165) is 0 Å². The normalized spacial score (nSPS) is 27.5. The SMILES string of the molecule is CC1(C)CC(=O)CN1S(=O)(=O)C1CCOCC1.